The van der Waals surface area contributed by atoms with Gasteiger partial charge >= 0.3 is 5.97 Å². The number of carbonyl (C=O) groups is 1. The smallest absolute Gasteiger partial charge is 0.309 e. The quantitative estimate of drug-likeness (QED) is 0.775. The molecule has 0 heterocycles. The number of carbonyl (C=O) groups excluding carboxylic acids is 1. The van der Waals surface area contributed by atoms with Gasteiger partial charge in [0.05, 0.1) is 19.6 Å². The first-order chi connectivity index (χ1) is 9.72. The van der Waals surface area contributed by atoms with E-state index in [4.69, 9.17) is 9.47 Å². The molecule has 0 spiro atoms. The molecule has 4 nitrogen and oxygen atoms in total. The zero-order valence-corrected chi connectivity index (χ0v) is 12.2. The van der Waals surface area contributed by atoms with Gasteiger partial charge in [-0.3, -0.25) is 4.79 Å². The average Bonchev–Trinajstić information content (AvgIpc) is 2.42. The first kappa shape index (κ1) is 15.0. The minimum Gasteiger partial charge on any atom is -0.469 e. The highest BCUT2D eigenvalue weighted by molar-refractivity contribution is 5.72. The van der Waals surface area contributed by atoms with Crippen LogP contribution in [-0.2, 0) is 27.2 Å². The summed E-state index contributed by atoms with van der Waals surface area (Å²) in [4.78, 5) is 11.4. The highest BCUT2D eigenvalue weighted by Gasteiger charge is 2.28. The Morgan fingerprint density at radius 3 is 2.65 bits per heavy atom. The van der Waals surface area contributed by atoms with Gasteiger partial charge in [-0.25, -0.2) is 0 Å². The molecule has 0 radical (unpaired) electrons. The van der Waals surface area contributed by atoms with Crippen LogP contribution in [0.5, 0.6) is 0 Å². The summed E-state index contributed by atoms with van der Waals surface area (Å²) in [6, 6.07) is 8.53. The molecule has 1 fully saturated rings. The van der Waals surface area contributed by atoms with Gasteiger partial charge in [0, 0.05) is 19.2 Å². The number of benzene rings is 1. The fraction of sp³-hybridized carbons (Fsp3) is 0.562. The Morgan fingerprint density at radius 2 is 2.00 bits per heavy atom. The second-order valence-corrected chi connectivity index (χ2v) is 5.15. The molecule has 4 heteroatoms. The van der Waals surface area contributed by atoms with Crippen LogP contribution < -0.4 is 5.32 Å². The van der Waals surface area contributed by atoms with E-state index in [0.29, 0.717) is 18.6 Å². The molecular formula is C16H23NO3. The molecule has 0 amide bonds. The molecule has 0 atom stereocenters. The number of esters is 1. The van der Waals surface area contributed by atoms with Crippen LogP contribution in [0.1, 0.15) is 30.9 Å². The van der Waals surface area contributed by atoms with Gasteiger partial charge < -0.3 is 14.8 Å². The average molecular weight is 277 g/mol. The lowest BCUT2D eigenvalue weighted by atomic mass is 9.89. The van der Waals surface area contributed by atoms with E-state index in [-0.39, 0.29) is 5.97 Å². The first-order valence-corrected chi connectivity index (χ1v) is 7.21. The van der Waals surface area contributed by atoms with E-state index in [1.807, 2.05) is 25.1 Å². The van der Waals surface area contributed by atoms with Crippen molar-refractivity contribution < 1.29 is 14.3 Å². The number of methoxy groups -OCH3 is 1. The lowest BCUT2D eigenvalue weighted by molar-refractivity contribution is -0.139. The zero-order valence-electron chi connectivity index (χ0n) is 12.2. The molecule has 1 saturated carbocycles. The van der Waals surface area contributed by atoms with Crippen molar-refractivity contribution in [2.24, 2.45) is 0 Å². The van der Waals surface area contributed by atoms with E-state index in [9.17, 15) is 4.79 Å². The van der Waals surface area contributed by atoms with Gasteiger partial charge in [0.15, 0.2) is 0 Å². The van der Waals surface area contributed by atoms with Crippen LogP contribution in [0.2, 0.25) is 0 Å². The Labute approximate surface area is 120 Å². The molecule has 0 unspecified atom stereocenters. The maximum absolute atomic E-state index is 11.4. The number of hydrogen-bond donors (Lipinski definition) is 1. The van der Waals surface area contributed by atoms with Crippen molar-refractivity contribution in [3.8, 4) is 0 Å². The normalized spacial score (nSPS) is 21.3. The molecule has 1 aromatic carbocycles. The van der Waals surface area contributed by atoms with Crippen LogP contribution in [0.3, 0.4) is 0 Å². The number of nitrogens with one attached hydrogen (secondary N) is 1. The Bertz CT molecular complexity index is 441. The van der Waals surface area contributed by atoms with Gasteiger partial charge in [0.25, 0.3) is 0 Å². The topological polar surface area (TPSA) is 47.6 Å². The van der Waals surface area contributed by atoms with Gasteiger partial charge in [-0.15, -0.1) is 0 Å². The van der Waals surface area contributed by atoms with Gasteiger partial charge in [0.1, 0.15) is 0 Å². The Morgan fingerprint density at radius 1 is 1.30 bits per heavy atom. The summed E-state index contributed by atoms with van der Waals surface area (Å²) in [7, 11) is 1.42. The van der Waals surface area contributed by atoms with Crippen molar-refractivity contribution in [2.45, 2.75) is 44.9 Å². The number of hydrogen-bond acceptors (Lipinski definition) is 4. The predicted molar refractivity (Wildman–Crippen MR) is 77.4 cm³/mol. The SMILES string of the molecule is CCOC1CC(NCc2ccccc2CC(=O)OC)C1. The van der Waals surface area contributed by atoms with E-state index in [1.165, 1.54) is 7.11 Å². The summed E-state index contributed by atoms with van der Waals surface area (Å²) < 4.78 is 10.3. The zero-order chi connectivity index (χ0) is 14.4. The molecule has 2 rings (SSSR count). The third-order valence-electron chi connectivity index (χ3n) is 3.76. The largest absolute Gasteiger partial charge is 0.469 e. The van der Waals surface area contributed by atoms with Crippen LogP contribution in [-0.4, -0.2) is 31.8 Å². The fourth-order valence-corrected chi connectivity index (χ4v) is 2.49. The van der Waals surface area contributed by atoms with Gasteiger partial charge in [-0.1, -0.05) is 24.3 Å². The molecular weight excluding hydrogens is 254 g/mol. The van der Waals surface area contributed by atoms with E-state index in [1.54, 1.807) is 0 Å². The van der Waals surface area contributed by atoms with Gasteiger partial charge in [-0.05, 0) is 30.9 Å². The molecule has 0 aliphatic heterocycles. The van der Waals surface area contributed by atoms with Crippen molar-refractivity contribution in [3.63, 3.8) is 0 Å². The van der Waals surface area contributed by atoms with Crippen LogP contribution >= 0.6 is 0 Å². The van der Waals surface area contributed by atoms with E-state index >= 15 is 0 Å². The molecule has 0 saturated heterocycles. The highest BCUT2D eigenvalue weighted by Crippen LogP contribution is 2.23. The fourth-order valence-electron chi connectivity index (χ4n) is 2.49. The minimum absolute atomic E-state index is 0.197. The summed E-state index contributed by atoms with van der Waals surface area (Å²) in [6.07, 6.45) is 2.91. The summed E-state index contributed by atoms with van der Waals surface area (Å²) in [6.45, 7) is 3.61. The third kappa shape index (κ3) is 4.05. The maximum atomic E-state index is 11.4. The molecule has 1 aliphatic carbocycles. The summed E-state index contributed by atoms with van der Waals surface area (Å²) in [5.74, 6) is -0.197. The minimum atomic E-state index is -0.197. The Hall–Kier alpha value is -1.39. The maximum Gasteiger partial charge on any atom is 0.309 e. The van der Waals surface area contributed by atoms with Gasteiger partial charge in [-0.2, -0.15) is 0 Å². The van der Waals surface area contributed by atoms with Crippen LogP contribution in [0.4, 0.5) is 0 Å². The van der Waals surface area contributed by atoms with Crippen LogP contribution in [0.25, 0.3) is 0 Å². The number of rotatable bonds is 7. The molecule has 0 bridgehead atoms. The molecule has 1 aromatic rings. The molecule has 1 aliphatic rings. The van der Waals surface area contributed by atoms with Crippen molar-refractivity contribution in [1.29, 1.82) is 0 Å². The summed E-state index contributed by atoms with van der Waals surface area (Å²) in [5.41, 5.74) is 2.20. The Balaban J connectivity index is 1.82. The second-order valence-electron chi connectivity index (χ2n) is 5.15. The first-order valence-electron chi connectivity index (χ1n) is 7.21. The molecule has 20 heavy (non-hydrogen) atoms. The third-order valence-corrected chi connectivity index (χ3v) is 3.76. The second kappa shape index (κ2) is 7.41. The van der Waals surface area contributed by atoms with Gasteiger partial charge in [0.2, 0.25) is 0 Å². The van der Waals surface area contributed by atoms with Crippen molar-refractivity contribution >= 4 is 5.97 Å². The van der Waals surface area contributed by atoms with E-state index in [2.05, 4.69) is 11.4 Å². The van der Waals surface area contributed by atoms with E-state index in [0.717, 1.165) is 37.1 Å². The molecule has 0 aromatic heterocycles. The molecule has 110 valence electrons. The van der Waals surface area contributed by atoms with Crippen LogP contribution in [0, 0.1) is 0 Å². The molecule has 1 N–H and O–H groups in total. The number of ether oxygens (including phenoxy) is 2. The summed E-state index contributed by atoms with van der Waals surface area (Å²) >= 11 is 0. The lowest BCUT2D eigenvalue weighted by Crippen LogP contribution is -2.45. The van der Waals surface area contributed by atoms with Crippen molar-refractivity contribution in [2.75, 3.05) is 13.7 Å². The monoisotopic (exact) mass is 277 g/mol. The lowest BCUT2D eigenvalue weighted by Gasteiger charge is -2.35. The predicted octanol–water partition coefficient (Wildman–Crippen LogP) is 2.06. The van der Waals surface area contributed by atoms with Crippen molar-refractivity contribution in [3.05, 3.63) is 35.4 Å². The highest BCUT2D eigenvalue weighted by atomic mass is 16.5. The Kier molecular flexibility index (Phi) is 5.56. The van der Waals surface area contributed by atoms with Crippen LogP contribution in [0.15, 0.2) is 24.3 Å². The van der Waals surface area contributed by atoms with Crippen molar-refractivity contribution in [1.82, 2.24) is 5.32 Å². The van der Waals surface area contributed by atoms with E-state index < -0.39 is 0 Å². The summed E-state index contributed by atoms with van der Waals surface area (Å²) in [5, 5.41) is 3.52. The standard InChI is InChI=1S/C16H23NO3/c1-3-20-15-9-14(10-15)17-11-13-7-5-4-6-12(13)8-16(18)19-2/h4-7,14-15,17H,3,8-11H2,1-2H3.